The fraction of sp³-hybridized carbons (Fsp3) is 0.875. The van der Waals surface area contributed by atoms with Crippen molar-refractivity contribution in [2.24, 2.45) is 5.92 Å². The summed E-state index contributed by atoms with van der Waals surface area (Å²) in [5.74, 6) is -0.00477. The highest BCUT2D eigenvalue weighted by atomic mass is 16.5. The summed E-state index contributed by atoms with van der Waals surface area (Å²) in [7, 11) is 1.63. The van der Waals surface area contributed by atoms with Crippen molar-refractivity contribution in [3.8, 4) is 0 Å². The molecule has 0 aliphatic carbocycles. The van der Waals surface area contributed by atoms with Gasteiger partial charge in [0, 0.05) is 39.3 Å². The summed E-state index contributed by atoms with van der Waals surface area (Å²) in [4.78, 5) is 27.9. The standard InChI is InChI=1S/C16H29N3O4/c1-23-10-6-17-16(22)13-3-2-7-19(11-13)14-4-8-18(9-5-14)15(21)12-20/h13-14,20H,2-12H2,1H3,(H,17,22)/t13-/m1/s1. The molecule has 0 unspecified atom stereocenters. The lowest BCUT2D eigenvalue weighted by Crippen LogP contribution is -2.52. The Hall–Kier alpha value is -1.18. The maximum absolute atomic E-state index is 12.2. The van der Waals surface area contributed by atoms with E-state index in [2.05, 4.69) is 10.2 Å². The molecule has 1 atom stereocenters. The van der Waals surface area contributed by atoms with E-state index in [0.29, 0.717) is 32.3 Å². The number of nitrogens with zero attached hydrogens (tertiary/aromatic N) is 2. The summed E-state index contributed by atoms with van der Waals surface area (Å²) in [6, 6.07) is 0.437. The highest BCUT2D eigenvalue weighted by Crippen LogP contribution is 2.24. The van der Waals surface area contributed by atoms with E-state index < -0.39 is 6.61 Å². The van der Waals surface area contributed by atoms with E-state index in [4.69, 9.17) is 9.84 Å². The lowest BCUT2D eigenvalue weighted by atomic mass is 9.93. The van der Waals surface area contributed by atoms with Crippen molar-refractivity contribution in [3.63, 3.8) is 0 Å². The molecule has 0 aromatic carbocycles. The van der Waals surface area contributed by atoms with Crippen molar-refractivity contribution in [2.45, 2.75) is 31.7 Å². The first-order valence-corrected chi connectivity index (χ1v) is 8.55. The second-order valence-electron chi connectivity index (χ2n) is 6.39. The summed E-state index contributed by atoms with van der Waals surface area (Å²) in [5.41, 5.74) is 0. The van der Waals surface area contributed by atoms with E-state index >= 15 is 0 Å². The quantitative estimate of drug-likeness (QED) is 0.640. The molecular weight excluding hydrogens is 298 g/mol. The molecule has 2 aliphatic heterocycles. The Morgan fingerprint density at radius 3 is 2.61 bits per heavy atom. The Morgan fingerprint density at radius 1 is 1.22 bits per heavy atom. The van der Waals surface area contributed by atoms with Gasteiger partial charge in [0.15, 0.2) is 0 Å². The normalized spacial score (nSPS) is 23.7. The van der Waals surface area contributed by atoms with E-state index in [1.165, 1.54) is 0 Å². The predicted octanol–water partition coefficient (Wildman–Crippen LogP) is -0.556. The van der Waals surface area contributed by atoms with Gasteiger partial charge in [0.1, 0.15) is 6.61 Å². The Labute approximate surface area is 138 Å². The number of piperidine rings is 2. The number of ether oxygens (including phenoxy) is 1. The second kappa shape index (κ2) is 9.20. The van der Waals surface area contributed by atoms with Crippen LogP contribution in [0.4, 0.5) is 0 Å². The average molecular weight is 327 g/mol. The van der Waals surface area contributed by atoms with Crippen LogP contribution in [0.3, 0.4) is 0 Å². The minimum atomic E-state index is -0.405. The molecule has 0 aromatic rings. The number of likely N-dealkylation sites (tertiary alicyclic amines) is 2. The van der Waals surface area contributed by atoms with Crippen molar-refractivity contribution >= 4 is 11.8 Å². The molecule has 7 heteroatoms. The molecule has 0 spiro atoms. The van der Waals surface area contributed by atoms with Crippen molar-refractivity contribution in [1.82, 2.24) is 15.1 Å². The van der Waals surface area contributed by atoms with Gasteiger partial charge in [0.25, 0.3) is 0 Å². The SMILES string of the molecule is COCCNC(=O)[C@@H]1CCCN(C2CCN(C(=O)CO)CC2)C1. The molecular formula is C16H29N3O4. The first-order valence-electron chi connectivity index (χ1n) is 8.55. The molecule has 0 aromatic heterocycles. The highest BCUT2D eigenvalue weighted by molar-refractivity contribution is 5.79. The average Bonchev–Trinajstić information content (AvgIpc) is 2.61. The van der Waals surface area contributed by atoms with E-state index in [0.717, 1.165) is 38.8 Å². The van der Waals surface area contributed by atoms with Gasteiger partial charge in [-0.25, -0.2) is 0 Å². The van der Waals surface area contributed by atoms with Crippen LogP contribution < -0.4 is 5.32 Å². The Bertz CT molecular complexity index is 397. The third kappa shape index (κ3) is 5.16. The van der Waals surface area contributed by atoms with Gasteiger partial charge in [-0.05, 0) is 32.2 Å². The summed E-state index contributed by atoms with van der Waals surface area (Å²) < 4.78 is 4.96. The number of carbonyl (C=O) groups is 2. The fourth-order valence-electron chi connectivity index (χ4n) is 3.55. The number of nitrogens with one attached hydrogen (secondary N) is 1. The fourth-order valence-corrected chi connectivity index (χ4v) is 3.55. The highest BCUT2D eigenvalue weighted by Gasteiger charge is 2.32. The third-order valence-corrected chi connectivity index (χ3v) is 4.90. The van der Waals surface area contributed by atoms with E-state index in [9.17, 15) is 9.59 Å². The Morgan fingerprint density at radius 2 is 1.96 bits per heavy atom. The van der Waals surface area contributed by atoms with Crippen LogP contribution in [-0.2, 0) is 14.3 Å². The number of amides is 2. The molecule has 2 N–H and O–H groups in total. The van der Waals surface area contributed by atoms with Gasteiger partial charge in [0.2, 0.25) is 11.8 Å². The van der Waals surface area contributed by atoms with Crippen LogP contribution in [-0.4, -0.2) is 85.8 Å². The van der Waals surface area contributed by atoms with Gasteiger partial charge < -0.3 is 20.1 Å². The van der Waals surface area contributed by atoms with Crippen LogP contribution in [0.5, 0.6) is 0 Å². The third-order valence-electron chi connectivity index (χ3n) is 4.90. The van der Waals surface area contributed by atoms with Gasteiger partial charge >= 0.3 is 0 Å². The summed E-state index contributed by atoms with van der Waals surface area (Å²) in [5, 5.41) is 11.9. The number of aliphatic hydroxyl groups is 1. The molecule has 2 amide bonds. The lowest BCUT2D eigenvalue weighted by Gasteiger charge is -2.42. The Balaban J connectivity index is 1.78. The van der Waals surface area contributed by atoms with Crippen LogP contribution in [0.1, 0.15) is 25.7 Å². The zero-order valence-electron chi connectivity index (χ0n) is 14.0. The van der Waals surface area contributed by atoms with Gasteiger partial charge in [-0.3, -0.25) is 14.5 Å². The molecule has 132 valence electrons. The smallest absolute Gasteiger partial charge is 0.248 e. The number of methoxy groups -OCH3 is 1. The number of rotatable bonds is 6. The molecule has 2 fully saturated rings. The lowest BCUT2D eigenvalue weighted by molar-refractivity contribution is -0.135. The van der Waals surface area contributed by atoms with E-state index in [1.54, 1.807) is 12.0 Å². The topological polar surface area (TPSA) is 82.1 Å². The van der Waals surface area contributed by atoms with E-state index in [1.807, 2.05) is 0 Å². The number of carbonyl (C=O) groups excluding carboxylic acids is 2. The van der Waals surface area contributed by atoms with Gasteiger partial charge in [-0.2, -0.15) is 0 Å². The molecule has 2 saturated heterocycles. The zero-order valence-corrected chi connectivity index (χ0v) is 14.0. The van der Waals surface area contributed by atoms with Crippen LogP contribution in [0.25, 0.3) is 0 Å². The Kier molecular flexibility index (Phi) is 7.26. The first kappa shape index (κ1) is 18.2. The molecule has 0 bridgehead atoms. The molecule has 2 heterocycles. The van der Waals surface area contributed by atoms with Crippen LogP contribution in [0, 0.1) is 5.92 Å². The zero-order chi connectivity index (χ0) is 16.7. The minimum absolute atomic E-state index is 0.0534. The minimum Gasteiger partial charge on any atom is -0.387 e. The van der Waals surface area contributed by atoms with E-state index in [-0.39, 0.29) is 17.7 Å². The van der Waals surface area contributed by atoms with Gasteiger partial charge in [0.05, 0.1) is 12.5 Å². The molecule has 2 rings (SSSR count). The van der Waals surface area contributed by atoms with Crippen molar-refractivity contribution in [3.05, 3.63) is 0 Å². The maximum Gasteiger partial charge on any atom is 0.248 e. The van der Waals surface area contributed by atoms with Crippen molar-refractivity contribution < 1.29 is 19.4 Å². The summed E-state index contributed by atoms with van der Waals surface area (Å²) >= 11 is 0. The predicted molar refractivity (Wildman–Crippen MR) is 85.9 cm³/mol. The maximum atomic E-state index is 12.2. The van der Waals surface area contributed by atoms with Crippen LogP contribution in [0.15, 0.2) is 0 Å². The first-order chi connectivity index (χ1) is 11.2. The summed E-state index contributed by atoms with van der Waals surface area (Å²) in [6.07, 6.45) is 3.82. The number of hydrogen-bond acceptors (Lipinski definition) is 5. The summed E-state index contributed by atoms with van der Waals surface area (Å²) in [6.45, 7) is 3.93. The number of aliphatic hydroxyl groups excluding tert-OH is 1. The number of hydrogen-bond donors (Lipinski definition) is 2. The van der Waals surface area contributed by atoms with Crippen molar-refractivity contribution in [1.29, 1.82) is 0 Å². The molecule has 0 radical (unpaired) electrons. The molecule has 7 nitrogen and oxygen atoms in total. The largest absolute Gasteiger partial charge is 0.387 e. The second-order valence-corrected chi connectivity index (χ2v) is 6.39. The molecule has 0 saturated carbocycles. The van der Waals surface area contributed by atoms with Gasteiger partial charge in [-0.15, -0.1) is 0 Å². The molecule has 2 aliphatic rings. The monoisotopic (exact) mass is 327 g/mol. The molecule has 23 heavy (non-hydrogen) atoms. The van der Waals surface area contributed by atoms with Crippen LogP contribution in [0.2, 0.25) is 0 Å². The van der Waals surface area contributed by atoms with Crippen molar-refractivity contribution in [2.75, 3.05) is 53.0 Å². The van der Waals surface area contributed by atoms with Crippen LogP contribution >= 0.6 is 0 Å². The van der Waals surface area contributed by atoms with Gasteiger partial charge in [-0.1, -0.05) is 0 Å².